The van der Waals surface area contributed by atoms with Crippen molar-refractivity contribution in [3.05, 3.63) is 83.2 Å². The minimum atomic E-state index is 0. The lowest BCUT2D eigenvalue weighted by atomic mass is 9.90. The first-order valence-corrected chi connectivity index (χ1v) is 9.51. The van der Waals surface area contributed by atoms with Gasteiger partial charge in [-0.1, -0.05) is 42.5 Å². The molecule has 2 aromatic carbocycles. The summed E-state index contributed by atoms with van der Waals surface area (Å²) in [6, 6.07) is 16.7. The highest BCUT2D eigenvalue weighted by atomic mass is 127. The van der Waals surface area contributed by atoms with Gasteiger partial charge in [-0.2, -0.15) is 5.10 Å². The lowest BCUT2D eigenvalue weighted by molar-refractivity contribution is 0.686. The number of guanidine groups is 1. The fourth-order valence-electron chi connectivity index (χ4n) is 3.60. The molecule has 4 rings (SSSR count). The van der Waals surface area contributed by atoms with E-state index < -0.39 is 0 Å². The number of fused-ring (bicyclic) bond motifs is 1. The second-order valence-corrected chi connectivity index (χ2v) is 7.01. The number of halogens is 1. The maximum Gasteiger partial charge on any atom is 0.193 e. The number of nitrogens with zero attached hydrogens (tertiary/aromatic N) is 3. The van der Waals surface area contributed by atoms with Gasteiger partial charge in [0.15, 0.2) is 5.96 Å². The molecule has 0 spiro atoms. The van der Waals surface area contributed by atoms with Crippen molar-refractivity contribution in [1.82, 2.24) is 9.78 Å². The summed E-state index contributed by atoms with van der Waals surface area (Å²) in [5.74, 6) is 0.449. The Balaban J connectivity index is 0.00000225. The third-order valence-corrected chi connectivity index (χ3v) is 4.96. The SMILES string of the molecule is I.NC(=NCc1cnn(Cc2ccccc2)c1)Nc1cccc2c1CCCC2. The van der Waals surface area contributed by atoms with Gasteiger partial charge < -0.3 is 11.1 Å². The van der Waals surface area contributed by atoms with Gasteiger partial charge in [-0.3, -0.25) is 4.68 Å². The number of hydrogen-bond acceptors (Lipinski definition) is 2. The van der Waals surface area contributed by atoms with E-state index in [2.05, 4.69) is 45.7 Å². The molecule has 0 saturated carbocycles. The van der Waals surface area contributed by atoms with Crippen molar-refractivity contribution in [2.75, 3.05) is 5.32 Å². The molecular formula is C22H26IN5. The highest BCUT2D eigenvalue weighted by Crippen LogP contribution is 2.27. The molecule has 0 fully saturated rings. The van der Waals surface area contributed by atoms with Crippen molar-refractivity contribution in [2.24, 2.45) is 10.7 Å². The summed E-state index contributed by atoms with van der Waals surface area (Å²) < 4.78 is 1.93. The van der Waals surface area contributed by atoms with E-state index in [4.69, 9.17) is 5.73 Å². The summed E-state index contributed by atoms with van der Waals surface area (Å²) in [5, 5.41) is 7.70. The van der Waals surface area contributed by atoms with E-state index in [9.17, 15) is 0 Å². The molecule has 1 aliphatic rings. The fourth-order valence-corrected chi connectivity index (χ4v) is 3.60. The van der Waals surface area contributed by atoms with Gasteiger partial charge in [0.1, 0.15) is 0 Å². The minimum absolute atomic E-state index is 0. The molecule has 3 aromatic rings. The number of rotatable bonds is 5. The predicted octanol–water partition coefficient (Wildman–Crippen LogP) is 4.36. The smallest absolute Gasteiger partial charge is 0.193 e. The fraction of sp³-hybridized carbons (Fsp3) is 0.273. The first-order chi connectivity index (χ1) is 13.3. The number of anilines is 1. The molecule has 0 unspecified atom stereocenters. The average Bonchev–Trinajstić information content (AvgIpc) is 3.15. The van der Waals surface area contributed by atoms with Gasteiger partial charge in [-0.15, -0.1) is 24.0 Å². The van der Waals surface area contributed by atoms with Gasteiger partial charge in [0.25, 0.3) is 0 Å². The molecule has 0 amide bonds. The van der Waals surface area contributed by atoms with Gasteiger partial charge in [-0.05, 0) is 48.4 Å². The number of nitrogens with two attached hydrogens (primary N) is 1. The Bertz CT molecular complexity index is 933. The molecule has 1 aliphatic carbocycles. The molecule has 0 atom stereocenters. The molecule has 0 radical (unpaired) electrons. The van der Waals surface area contributed by atoms with Crippen LogP contribution in [0.1, 0.15) is 35.1 Å². The van der Waals surface area contributed by atoms with Gasteiger partial charge in [0, 0.05) is 17.4 Å². The van der Waals surface area contributed by atoms with E-state index in [0.717, 1.165) is 30.6 Å². The normalized spacial score (nSPS) is 13.5. The molecule has 28 heavy (non-hydrogen) atoms. The molecule has 1 aromatic heterocycles. The van der Waals surface area contributed by atoms with Crippen molar-refractivity contribution in [1.29, 1.82) is 0 Å². The molecule has 5 nitrogen and oxygen atoms in total. The quantitative estimate of drug-likeness (QED) is 0.320. The maximum atomic E-state index is 6.13. The van der Waals surface area contributed by atoms with Crippen LogP contribution in [-0.2, 0) is 25.9 Å². The van der Waals surface area contributed by atoms with Crippen LogP contribution in [0, 0.1) is 0 Å². The Morgan fingerprint density at radius 3 is 2.71 bits per heavy atom. The van der Waals surface area contributed by atoms with E-state index in [-0.39, 0.29) is 24.0 Å². The van der Waals surface area contributed by atoms with Gasteiger partial charge >= 0.3 is 0 Å². The number of aliphatic imine (C=N–C) groups is 1. The molecular weight excluding hydrogens is 461 g/mol. The van der Waals surface area contributed by atoms with E-state index in [1.54, 1.807) is 0 Å². The summed E-state index contributed by atoms with van der Waals surface area (Å²) in [5.41, 5.74) is 12.3. The van der Waals surface area contributed by atoms with Crippen molar-refractivity contribution in [3.8, 4) is 0 Å². The summed E-state index contributed by atoms with van der Waals surface area (Å²) in [7, 11) is 0. The third-order valence-electron chi connectivity index (χ3n) is 4.96. The Labute approximate surface area is 183 Å². The number of nitrogens with one attached hydrogen (secondary N) is 1. The molecule has 0 aliphatic heterocycles. The highest BCUT2D eigenvalue weighted by molar-refractivity contribution is 14.0. The van der Waals surface area contributed by atoms with Gasteiger partial charge in [0.05, 0.1) is 19.3 Å². The van der Waals surface area contributed by atoms with Crippen molar-refractivity contribution >= 4 is 35.6 Å². The van der Waals surface area contributed by atoms with Crippen LogP contribution in [-0.4, -0.2) is 15.7 Å². The van der Waals surface area contributed by atoms with Crippen molar-refractivity contribution in [2.45, 2.75) is 38.8 Å². The number of aryl methyl sites for hydroxylation is 1. The van der Waals surface area contributed by atoms with E-state index in [1.807, 2.05) is 35.3 Å². The van der Waals surface area contributed by atoms with Crippen molar-refractivity contribution in [3.63, 3.8) is 0 Å². The lowest BCUT2D eigenvalue weighted by Crippen LogP contribution is -2.24. The molecule has 146 valence electrons. The summed E-state index contributed by atoms with van der Waals surface area (Å²) in [4.78, 5) is 4.49. The first kappa shape index (κ1) is 20.4. The second-order valence-electron chi connectivity index (χ2n) is 7.01. The maximum absolute atomic E-state index is 6.13. The Hall–Kier alpha value is -2.35. The van der Waals surface area contributed by atoms with Crippen molar-refractivity contribution < 1.29 is 0 Å². The second kappa shape index (κ2) is 9.73. The number of benzene rings is 2. The number of hydrogen-bond donors (Lipinski definition) is 2. The zero-order valence-corrected chi connectivity index (χ0v) is 18.2. The number of aromatic nitrogens is 2. The van der Waals surface area contributed by atoms with Crippen LogP contribution in [0.2, 0.25) is 0 Å². The Kier molecular flexibility index (Phi) is 7.08. The molecule has 0 saturated heterocycles. The first-order valence-electron chi connectivity index (χ1n) is 9.51. The summed E-state index contributed by atoms with van der Waals surface area (Å²) in [6.45, 7) is 1.27. The third kappa shape index (κ3) is 5.13. The van der Waals surface area contributed by atoms with E-state index in [1.165, 1.54) is 29.5 Å². The zero-order valence-electron chi connectivity index (χ0n) is 15.8. The minimum Gasteiger partial charge on any atom is -0.370 e. The van der Waals surface area contributed by atoms with Crippen LogP contribution in [0.5, 0.6) is 0 Å². The Morgan fingerprint density at radius 2 is 1.86 bits per heavy atom. The lowest BCUT2D eigenvalue weighted by Gasteiger charge is -2.19. The molecule has 6 heteroatoms. The standard InChI is InChI=1S/C22H25N5.HI/c23-22(26-21-12-6-10-19-9-4-5-11-20(19)21)24-13-18-14-25-27(16-18)15-17-7-2-1-3-8-17;/h1-3,6-8,10,12,14,16H,4-5,9,11,13,15H2,(H3,23,24,26);1H. The van der Waals surface area contributed by atoms with Crippen LogP contribution in [0.25, 0.3) is 0 Å². The average molecular weight is 487 g/mol. The van der Waals surface area contributed by atoms with Crippen LogP contribution >= 0.6 is 24.0 Å². The van der Waals surface area contributed by atoms with E-state index in [0.29, 0.717) is 12.5 Å². The molecule has 0 bridgehead atoms. The summed E-state index contributed by atoms with van der Waals surface area (Å²) >= 11 is 0. The van der Waals surface area contributed by atoms with Crippen LogP contribution in [0.15, 0.2) is 65.9 Å². The zero-order chi connectivity index (χ0) is 18.5. The molecule has 1 heterocycles. The van der Waals surface area contributed by atoms with Gasteiger partial charge in [-0.25, -0.2) is 4.99 Å². The van der Waals surface area contributed by atoms with Crippen LogP contribution in [0.3, 0.4) is 0 Å². The molecule has 3 N–H and O–H groups in total. The van der Waals surface area contributed by atoms with Gasteiger partial charge in [0.2, 0.25) is 0 Å². The summed E-state index contributed by atoms with van der Waals surface area (Å²) in [6.07, 6.45) is 8.65. The monoisotopic (exact) mass is 487 g/mol. The van der Waals surface area contributed by atoms with Crippen LogP contribution < -0.4 is 11.1 Å². The Morgan fingerprint density at radius 1 is 1.04 bits per heavy atom. The highest BCUT2D eigenvalue weighted by Gasteiger charge is 2.13. The predicted molar refractivity (Wildman–Crippen MR) is 125 cm³/mol. The van der Waals surface area contributed by atoms with E-state index >= 15 is 0 Å². The van der Waals surface area contributed by atoms with Crippen LogP contribution in [0.4, 0.5) is 5.69 Å². The topological polar surface area (TPSA) is 68.2 Å². The largest absolute Gasteiger partial charge is 0.370 e.